The molecule has 8 heteroatoms. The van der Waals surface area contributed by atoms with Gasteiger partial charge < -0.3 is 25.0 Å². The van der Waals surface area contributed by atoms with E-state index in [0.717, 1.165) is 54.5 Å². The Morgan fingerprint density at radius 2 is 1.88 bits per heavy atom. The van der Waals surface area contributed by atoms with Crippen molar-refractivity contribution in [2.75, 3.05) is 44.1 Å². The Labute approximate surface area is 194 Å². The molecule has 1 aromatic heterocycles. The number of methoxy groups -OCH3 is 2. The fraction of sp³-hybridized carbons (Fsp3) is 0.360. The lowest BCUT2D eigenvalue weighted by Crippen LogP contribution is -2.94. The van der Waals surface area contributed by atoms with E-state index in [1.165, 1.54) is 0 Å². The SMILES string of the molecule is COc1cc(CCc2[nH]ncc2NC(=O)c2ccc(N3CC[NH2+]C(C)C3)cc2)cc(OC)c1. The molecule has 1 aliphatic heterocycles. The number of piperazine rings is 1. The Bertz CT molecular complexity index is 1060. The molecule has 1 amide bonds. The minimum absolute atomic E-state index is 0.146. The number of ether oxygens (including phenoxy) is 2. The third kappa shape index (κ3) is 5.64. The van der Waals surface area contributed by atoms with E-state index in [1.54, 1.807) is 20.4 Å². The molecule has 4 rings (SSSR count). The number of nitrogens with two attached hydrogens (primary N) is 1. The highest BCUT2D eigenvalue weighted by molar-refractivity contribution is 6.04. The lowest BCUT2D eigenvalue weighted by molar-refractivity contribution is -0.687. The van der Waals surface area contributed by atoms with Gasteiger partial charge in [0.2, 0.25) is 0 Å². The van der Waals surface area contributed by atoms with Crippen molar-refractivity contribution in [3.05, 3.63) is 65.5 Å². The molecule has 4 N–H and O–H groups in total. The second-order valence-corrected chi connectivity index (χ2v) is 8.43. The normalized spacial score (nSPS) is 15.8. The summed E-state index contributed by atoms with van der Waals surface area (Å²) in [6.45, 7) is 5.37. The second-order valence-electron chi connectivity index (χ2n) is 8.43. The predicted molar refractivity (Wildman–Crippen MR) is 128 cm³/mol. The summed E-state index contributed by atoms with van der Waals surface area (Å²) >= 11 is 0. The highest BCUT2D eigenvalue weighted by Gasteiger charge is 2.19. The van der Waals surface area contributed by atoms with Crippen molar-refractivity contribution in [2.24, 2.45) is 0 Å². The lowest BCUT2D eigenvalue weighted by Gasteiger charge is -2.31. The van der Waals surface area contributed by atoms with Crippen LogP contribution >= 0.6 is 0 Å². The fourth-order valence-corrected chi connectivity index (χ4v) is 4.17. The monoisotopic (exact) mass is 450 g/mol. The molecule has 1 atom stereocenters. The number of quaternary nitrogens is 1. The first-order valence-electron chi connectivity index (χ1n) is 11.3. The van der Waals surface area contributed by atoms with E-state index >= 15 is 0 Å². The summed E-state index contributed by atoms with van der Waals surface area (Å²) in [5, 5.41) is 12.5. The number of carbonyl (C=O) groups excluding carboxylic acids is 1. The van der Waals surface area contributed by atoms with Crippen molar-refractivity contribution < 1.29 is 19.6 Å². The van der Waals surface area contributed by atoms with Crippen molar-refractivity contribution in [2.45, 2.75) is 25.8 Å². The first-order valence-corrected chi connectivity index (χ1v) is 11.3. The van der Waals surface area contributed by atoms with Gasteiger partial charge in [0.15, 0.2) is 0 Å². The maximum absolute atomic E-state index is 12.8. The quantitative estimate of drug-likeness (QED) is 0.489. The average molecular weight is 451 g/mol. The molecule has 2 heterocycles. The van der Waals surface area contributed by atoms with E-state index in [1.807, 2.05) is 42.5 Å². The summed E-state index contributed by atoms with van der Waals surface area (Å²) in [7, 11) is 3.28. The number of amides is 1. The summed E-state index contributed by atoms with van der Waals surface area (Å²) in [4.78, 5) is 15.2. The molecule has 0 aliphatic carbocycles. The summed E-state index contributed by atoms with van der Waals surface area (Å²) < 4.78 is 10.7. The Kier molecular flexibility index (Phi) is 7.14. The molecule has 1 unspecified atom stereocenters. The van der Waals surface area contributed by atoms with Crippen LogP contribution in [-0.2, 0) is 12.8 Å². The van der Waals surface area contributed by atoms with Crippen molar-refractivity contribution in [3.8, 4) is 11.5 Å². The molecule has 0 saturated carbocycles. The van der Waals surface area contributed by atoms with Crippen LogP contribution in [-0.4, -0.2) is 56.0 Å². The zero-order chi connectivity index (χ0) is 23.2. The zero-order valence-corrected chi connectivity index (χ0v) is 19.4. The maximum atomic E-state index is 12.8. The molecule has 0 radical (unpaired) electrons. The third-order valence-electron chi connectivity index (χ3n) is 6.01. The number of anilines is 2. The Morgan fingerprint density at radius 3 is 2.55 bits per heavy atom. The molecule has 0 spiro atoms. The molecular weight excluding hydrogens is 418 g/mol. The van der Waals surface area contributed by atoms with Gasteiger partial charge in [-0.05, 0) is 61.7 Å². The number of aromatic amines is 1. The van der Waals surface area contributed by atoms with Gasteiger partial charge in [0.25, 0.3) is 5.91 Å². The fourth-order valence-electron chi connectivity index (χ4n) is 4.17. The zero-order valence-electron chi connectivity index (χ0n) is 19.4. The van der Waals surface area contributed by atoms with Crippen LogP contribution in [0.15, 0.2) is 48.7 Å². The summed E-state index contributed by atoms with van der Waals surface area (Å²) in [6.07, 6.45) is 3.09. The van der Waals surface area contributed by atoms with E-state index in [0.29, 0.717) is 23.7 Å². The number of H-pyrrole nitrogens is 1. The van der Waals surface area contributed by atoms with Crippen molar-refractivity contribution >= 4 is 17.3 Å². The molecule has 2 aromatic carbocycles. The molecule has 8 nitrogen and oxygen atoms in total. The van der Waals surface area contributed by atoms with Crippen LogP contribution in [0.3, 0.4) is 0 Å². The maximum Gasteiger partial charge on any atom is 0.255 e. The van der Waals surface area contributed by atoms with Crippen LogP contribution in [0.5, 0.6) is 11.5 Å². The van der Waals surface area contributed by atoms with Gasteiger partial charge in [0, 0.05) is 17.3 Å². The van der Waals surface area contributed by atoms with E-state index in [2.05, 4.69) is 32.7 Å². The first-order chi connectivity index (χ1) is 16.1. The van der Waals surface area contributed by atoms with Gasteiger partial charge in [-0.1, -0.05) is 0 Å². The lowest BCUT2D eigenvalue weighted by atomic mass is 10.1. The number of rotatable bonds is 8. The number of aromatic nitrogens is 2. The van der Waals surface area contributed by atoms with Crippen LogP contribution in [0.1, 0.15) is 28.5 Å². The molecule has 3 aromatic rings. The Balaban J connectivity index is 1.38. The number of aryl methyl sites for hydroxylation is 2. The van der Waals surface area contributed by atoms with Crippen molar-refractivity contribution in [1.82, 2.24) is 10.2 Å². The van der Waals surface area contributed by atoms with Crippen molar-refractivity contribution in [3.63, 3.8) is 0 Å². The molecule has 1 fully saturated rings. The number of nitrogens with one attached hydrogen (secondary N) is 2. The largest absolute Gasteiger partial charge is 0.497 e. The highest BCUT2D eigenvalue weighted by atomic mass is 16.5. The smallest absolute Gasteiger partial charge is 0.255 e. The van der Waals surface area contributed by atoms with Gasteiger partial charge in [-0.25, -0.2) is 0 Å². The van der Waals surface area contributed by atoms with E-state index < -0.39 is 0 Å². The average Bonchev–Trinajstić information content (AvgIpc) is 3.29. The summed E-state index contributed by atoms with van der Waals surface area (Å²) in [5.41, 5.74) is 4.43. The number of benzene rings is 2. The van der Waals surface area contributed by atoms with E-state index in [9.17, 15) is 4.79 Å². The highest BCUT2D eigenvalue weighted by Crippen LogP contribution is 2.24. The van der Waals surface area contributed by atoms with Crippen molar-refractivity contribution in [1.29, 1.82) is 0 Å². The molecule has 0 bridgehead atoms. The van der Waals surface area contributed by atoms with Crippen LogP contribution in [0, 0.1) is 0 Å². The topological polar surface area (TPSA) is 96.1 Å². The van der Waals surface area contributed by atoms with Gasteiger partial charge >= 0.3 is 0 Å². The first kappa shape index (κ1) is 22.7. The third-order valence-corrected chi connectivity index (χ3v) is 6.01. The predicted octanol–water partition coefficient (Wildman–Crippen LogP) is 2.24. The number of carbonyl (C=O) groups is 1. The van der Waals surface area contributed by atoms with Gasteiger partial charge in [0.1, 0.15) is 17.5 Å². The number of hydrogen-bond acceptors (Lipinski definition) is 5. The van der Waals surface area contributed by atoms with E-state index in [4.69, 9.17) is 9.47 Å². The van der Waals surface area contributed by atoms with Crippen LogP contribution in [0.2, 0.25) is 0 Å². The standard InChI is InChI=1S/C25H31N5O3/c1-17-16-30(11-10-26-17)20-7-5-19(6-8-20)25(31)28-24-15-27-29-23(24)9-4-18-12-21(32-2)14-22(13-18)33-3/h5-8,12-15,17,26H,4,9-11,16H2,1-3H3,(H,27,29)(H,28,31)/p+1. The minimum Gasteiger partial charge on any atom is -0.497 e. The Morgan fingerprint density at radius 1 is 1.15 bits per heavy atom. The Hall–Kier alpha value is -3.52. The molecule has 1 aliphatic rings. The van der Waals surface area contributed by atoms with Gasteiger partial charge in [-0.3, -0.25) is 9.89 Å². The summed E-state index contributed by atoms with van der Waals surface area (Å²) in [5.74, 6) is 1.36. The van der Waals surface area contributed by atoms with Crippen LogP contribution in [0.25, 0.3) is 0 Å². The summed E-state index contributed by atoms with van der Waals surface area (Å²) in [6, 6.07) is 14.2. The van der Waals surface area contributed by atoms with Gasteiger partial charge in [-0.15, -0.1) is 0 Å². The second kappa shape index (κ2) is 10.4. The molecular formula is C25H32N5O3+. The molecule has 174 valence electrons. The molecule has 1 saturated heterocycles. The van der Waals surface area contributed by atoms with Crippen LogP contribution < -0.4 is 25.0 Å². The van der Waals surface area contributed by atoms with Crippen LogP contribution in [0.4, 0.5) is 11.4 Å². The van der Waals surface area contributed by atoms with E-state index in [-0.39, 0.29) is 5.91 Å². The number of hydrogen-bond donors (Lipinski definition) is 3. The number of nitrogens with zero attached hydrogens (tertiary/aromatic N) is 2. The minimum atomic E-state index is -0.146. The van der Waals surface area contributed by atoms with Gasteiger partial charge in [-0.2, -0.15) is 5.10 Å². The molecule has 33 heavy (non-hydrogen) atoms. The van der Waals surface area contributed by atoms with Gasteiger partial charge in [0.05, 0.1) is 51.4 Å².